The van der Waals surface area contributed by atoms with E-state index in [-0.39, 0.29) is 21.5 Å². The molecule has 2 rings (SSSR count). The number of benzene rings is 2. The van der Waals surface area contributed by atoms with Crippen LogP contribution in [0.4, 0.5) is 10.1 Å². The standard InChI is InChI=1S/C15H13BrFNO3/c1-20-9-6-10(14(18)13(7-9)21-2)15(19)8-3-4-12(17)11(16)5-8/h3-7H,18H2,1-2H3. The van der Waals surface area contributed by atoms with Gasteiger partial charge in [0.05, 0.1) is 29.9 Å². The summed E-state index contributed by atoms with van der Waals surface area (Å²) in [6.45, 7) is 0. The SMILES string of the molecule is COc1cc(OC)c(N)c(C(=O)c2ccc(F)c(Br)c2)c1. The van der Waals surface area contributed by atoms with E-state index in [0.717, 1.165) is 0 Å². The summed E-state index contributed by atoms with van der Waals surface area (Å²) < 4.78 is 23.7. The first kappa shape index (κ1) is 15.3. The van der Waals surface area contributed by atoms with Crippen LogP contribution in [-0.2, 0) is 0 Å². The first-order chi connectivity index (χ1) is 9.97. The number of hydrogen-bond donors (Lipinski definition) is 1. The number of nitrogen functional groups attached to an aromatic ring is 1. The van der Waals surface area contributed by atoms with E-state index in [4.69, 9.17) is 15.2 Å². The van der Waals surface area contributed by atoms with E-state index in [1.54, 1.807) is 6.07 Å². The van der Waals surface area contributed by atoms with Crippen LogP contribution in [0.3, 0.4) is 0 Å². The monoisotopic (exact) mass is 353 g/mol. The Morgan fingerprint density at radius 1 is 1.19 bits per heavy atom. The van der Waals surface area contributed by atoms with Gasteiger partial charge in [0.25, 0.3) is 0 Å². The van der Waals surface area contributed by atoms with Gasteiger partial charge in [-0.3, -0.25) is 4.79 Å². The van der Waals surface area contributed by atoms with Gasteiger partial charge in [-0.15, -0.1) is 0 Å². The molecule has 2 aromatic carbocycles. The lowest BCUT2D eigenvalue weighted by atomic mass is 10.0. The molecule has 0 spiro atoms. The quantitative estimate of drug-likeness (QED) is 0.675. The van der Waals surface area contributed by atoms with Gasteiger partial charge in [0.2, 0.25) is 0 Å². The highest BCUT2D eigenvalue weighted by Gasteiger charge is 2.18. The van der Waals surface area contributed by atoms with E-state index >= 15 is 0 Å². The Bertz CT molecular complexity index is 704. The third kappa shape index (κ3) is 3.00. The van der Waals surface area contributed by atoms with Crippen LogP contribution in [0.1, 0.15) is 15.9 Å². The van der Waals surface area contributed by atoms with Crippen molar-refractivity contribution in [1.82, 2.24) is 0 Å². The summed E-state index contributed by atoms with van der Waals surface area (Å²) in [7, 11) is 2.93. The van der Waals surface area contributed by atoms with Gasteiger partial charge in [0, 0.05) is 11.6 Å². The molecule has 110 valence electrons. The zero-order valence-electron chi connectivity index (χ0n) is 11.4. The zero-order valence-corrected chi connectivity index (χ0v) is 13.0. The maximum Gasteiger partial charge on any atom is 0.195 e. The number of carbonyl (C=O) groups excluding carboxylic acids is 1. The van der Waals surface area contributed by atoms with Crippen LogP contribution in [0.5, 0.6) is 11.5 Å². The number of carbonyl (C=O) groups is 1. The minimum absolute atomic E-state index is 0.210. The van der Waals surface area contributed by atoms with E-state index in [2.05, 4.69) is 15.9 Å². The van der Waals surface area contributed by atoms with Crippen LogP contribution >= 0.6 is 15.9 Å². The third-order valence-corrected chi connectivity index (χ3v) is 3.61. The van der Waals surface area contributed by atoms with Crippen molar-refractivity contribution in [3.63, 3.8) is 0 Å². The maximum absolute atomic E-state index is 13.3. The molecule has 0 aliphatic rings. The van der Waals surface area contributed by atoms with Crippen molar-refractivity contribution in [1.29, 1.82) is 0 Å². The lowest BCUT2D eigenvalue weighted by molar-refractivity contribution is 0.103. The number of ketones is 1. The Balaban J connectivity index is 2.54. The second-order valence-corrected chi connectivity index (χ2v) is 5.10. The third-order valence-electron chi connectivity index (χ3n) is 3.00. The molecule has 0 aliphatic carbocycles. The van der Waals surface area contributed by atoms with Crippen LogP contribution in [0.15, 0.2) is 34.8 Å². The second kappa shape index (κ2) is 6.13. The molecule has 0 radical (unpaired) electrons. The summed E-state index contributed by atoms with van der Waals surface area (Å²) in [5, 5.41) is 0. The first-order valence-corrected chi connectivity index (χ1v) is 6.78. The Morgan fingerprint density at radius 2 is 1.90 bits per heavy atom. The molecule has 0 heterocycles. The number of anilines is 1. The van der Waals surface area contributed by atoms with Gasteiger partial charge in [0.1, 0.15) is 17.3 Å². The molecule has 2 aromatic rings. The molecule has 0 unspecified atom stereocenters. The fraction of sp³-hybridized carbons (Fsp3) is 0.133. The Morgan fingerprint density at radius 3 is 2.48 bits per heavy atom. The molecule has 0 fully saturated rings. The topological polar surface area (TPSA) is 61.6 Å². The van der Waals surface area contributed by atoms with Crippen molar-refractivity contribution in [2.24, 2.45) is 0 Å². The number of ether oxygens (including phenoxy) is 2. The lowest BCUT2D eigenvalue weighted by Gasteiger charge is -2.12. The van der Waals surface area contributed by atoms with E-state index in [0.29, 0.717) is 17.1 Å². The Hall–Kier alpha value is -2.08. The smallest absolute Gasteiger partial charge is 0.195 e. The first-order valence-electron chi connectivity index (χ1n) is 5.99. The van der Waals surface area contributed by atoms with Gasteiger partial charge in [-0.25, -0.2) is 4.39 Å². The molecule has 0 aliphatic heterocycles. The van der Waals surface area contributed by atoms with Crippen molar-refractivity contribution in [2.45, 2.75) is 0 Å². The van der Waals surface area contributed by atoms with Crippen LogP contribution in [0.25, 0.3) is 0 Å². The Labute approximate surface area is 129 Å². The number of hydrogen-bond acceptors (Lipinski definition) is 4. The predicted molar refractivity (Wildman–Crippen MR) is 81.5 cm³/mol. The average Bonchev–Trinajstić information content (AvgIpc) is 2.49. The predicted octanol–water partition coefficient (Wildman–Crippen LogP) is 3.42. The number of methoxy groups -OCH3 is 2. The molecule has 21 heavy (non-hydrogen) atoms. The van der Waals surface area contributed by atoms with E-state index in [1.165, 1.54) is 38.5 Å². The second-order valence-electron chi connectivity index (χ2n) is 4.25. The fourth-order valence-corrected chi connectivity index (χ4v) is 2.25. The molecule has 0 saturated carbocycles. The molecular formula is C15H13BrFNO3. The lowest BCUT2D eigenvalue weighted by Crippen LogP contribution is -2.07. The summed E-state index contributed by atoms with van der Waals surface area (Å²) in [6, 6.07) is 7.13. The fourth-order valence-electron chi connectivity index (χ4n) is 1.87. The van der Waals surface area contributed by atoms with Gasteiger partial charge in [-0.2, -0.15) is 0 Å². The minimum Gasteiger partial charge on any atom is -0.497 e. The summed E-state index contributed by atoms with van der Waals surface area (Å²) in [5.74, 6) is 0.0117. The van der Waals surface area contributed by atoms with Crippen LogP contribution in [-0.4, -0.2) is 20.0 Å². The van der Waals surface area contributed by atoms with Gasteiger partial charge >= 0.3 is 0 Å². The molecular weight excluding hydrogens is 341 g/mol. The van der Waals surface area contributed by atoms with Crippen LogP contribution in [0.2, 0.25) is 0 Å². The molecule has 6 heteroatoms. The largest absolute Gasteiger partial charge is 0.497 e. The summed E-state index contributed by atoms with van der Waals surface area (Å²) in [4.78, 5) is 12.5. The number of halogens is 2. The van der Waals surface area contributed by atoms with Gasteiger partial charge in [-0.1, -0.05) is 0 Å². The summed E-state index contributed by atoms with van der Waals surface area (Å²) in [6.07, 6.45) is 0. The highest BCUT2D eigenvalue weighted by Crippen LogP contribution is 2.32. The summed E-state index contributed by atoms with van der Waals surface area (Å²) >= 11 is 3.05. The van der Waals surface area contributed by atoms with Gasteiger partial charge < -0.3 is 15.2 Å². The zero-order chi connectivity index (χ0) is 15.6. The van der Waals surface area contributed by atoms with Crippen molar-refractivity contribution in [3.8, 4) is 11.5 Å². The molecule has 2 N–H and O–H groups in total. The summed E-state index contributed by atoms with van der Waals surface area (Å²) in [5.41, 5.74) is 6.70. The van der Waals surface area contributed by atoms with E-state index in [1.807, 2.05) is 0 Å². The molecule has 0 aromatic heterocycles. The van der Waals surface area contributed by atoms with Crippen LogP contribution < -0.4 is 15.2 Å². The van der Waals surface area contributed by atoms with Crippen molar-refractivity contribution >= 4 is 27.4 Å². The average molecular weight is 354 g/mol. The molecule has 0 amide bonds. The van der Waals surface area contributed by atoms with Crippen molar-refractivity contribution in [2.75, 3.05) is 20.0 Å². The molecule has 0 bridgehead atoms. The molecule has 0 saturated heterocycles. The molecule has 0 atom stereocenters. The highest BCUT2D eigenvalue weighted by molar-refractivity contribution is 9.10. The number of nitrogens with two attached hydrogens (primary N) is 1. The van der Waals surface area contributed by atoms with Crippen molar-refractivity contribution < 1.29 is 18.7 Å². The highest BCUT2D eigenvalue weighted by atomic mass is 79.9. The maximum atomic E-state index is 13.3. The molecule has 4 nitrogen and oxygen atoms in total. The normalized spacial score (nSPS) is 10.3. The van der Waals surface area contributed by atoms with E-state index < -0.39 is 5.82 Å². The number of rotatable bonds is 4. The minimum atomic E-state index is -0.442. The van der Waals surface area contributed by atoms with Crippen LogP contribution in [0, 0.1) is 5.82 Å². The Kier molecular flexibility index (Phi) is 4.47. The van der Waals surface area contributed by atoms with Crippen molar-refractivity contribution in [3.05, 3.63) is 51.7 Å². The van der Waals surface area contributed by atoms with E-state index in [9.17, 15) is 9.18 Å². The van der Waals surface area contributed by atoms with Gasteiger partial charge in [-0.05, 0) is 40.2 Å². The van der Waals surface area contributed by atoms with Gasteiger partial charge in [0.15, 0.2) is 5.78 Å².